The third-order valence-corrected chi connectivity index (χ3v) is 8.25. The van der Waals surface area contributed by atoms with E-state index in [-0.39, 0.29) is 12.4 Å². The van der Waals surface area contributed by atoms with Gasteiger partial charge < -0.3 is 15.2 Å². The number of aromatic nitrogens is 2. The molecule has 0 spiro atoms. The van der Waals surface area contributed by atoms with Crippen LogP contribution in [0.2, 0.25) is 0 Å². The molecule has 0 aliphatic carbocycles. The van der Waals surface area contributed by atoms with E-state index in [9.17, 15) is 9.59 Å². The summed E-state index contributed by atoms with van der Waals surface area (Å²) < 4.78 is 5.23. The largest absolute Gasteiger partial charge is 0.481 e. The van der Waals surface area contributed by atoms with Crippen molar-refractivity contribution in [3.63, 3.8) is 0 Å². The number of ether oxygens (including phenoxy) is 1. The van der Waals surface area contributed by atoms with E-state index in [2.05, 4.69) is 24.4 Å². The highest BCUT2D eigenvalue weighted by Crippen LogP contribution is 2.39. The lowest BCUT2D eigenvalue weighted by Crippen LogP contribution is -2.05. The van der Waals surface area contributed by atoms with E-state index in [1.807, 2.05) is 66.7 Å². The molecule has 0 bridgehead atoms. The summed E-state index contributed by atoms with van der Waals surface area (Å²) in [6.45, 7) is 4.33. The molecule has 2 heterocycles. The fourth-order valence-electron chi connectivity index (χ4n) is 4.88. The van der Waals surface area contributed by atoms with Crippen molar-refractivity contribution in [1.29, 1.82) is 0 Å². The van der Waals surface area contributed by atoms with Gasteiger partial charge in [-0.15, -0.1) is 0 Å². The van der Waals surface area contributed by atoms with Crippen molar-refractivity contribution in [3.05, 3.63) is 107 Å². The normalized spacial score (nSPS) is 15.4. The summed E-state index contributed by atoms with van der Waals surface area (Å²) in [5.74, 6) is 0.170. The van der Waals surface area contributed by atoms with Crippen LogP contribution in [-0.4, -0.2) is 38.7 Å². The van der Waals surface area contributed by atoms with Gasteiger partial charge in [0.1, 0.15) is 0 Å². The molecule has 8 nitrogen and oxygen atoms in total. The van der Waals surface area contributed by atoms with Crippen LogP contribution >= 0.6 is 11.8 Å². The molecular weight excluding hydrogens is 560 g/mol. The molecule has 220 valence electrons. The molecule has 1 aromatic heterocycles. The molecule has 0 radical (unpaired) electrons. The second-order valence-corrected chi connectivity index (χ2v) is 11.6. The average Bonchev–Trinajstić information content (AvgIpc) is 3.15. The Morgan fingerprint density at radius 1 is 1.02 bits per heavy atom. The molecule has 1 aliphatic rings. The highest BCUT2D eigenvalue weighted by molar-refractivity contribution is 8.14. The minimum Gasteiger partial charge on any atom is -0.481 e. The topological polar surface area (TPSA) is 114 Å². The van der Waals surface area contributed by atoms with E-state index in [1.54, 1.807) is 18.7 Å². The number of carbonyl (C=O) groups is 2. The van der Waals surface area contributed by atoms with Crippen LogP contribution in [0.1, 0.15) is 71.8 Å². The Hall–Kier alpha value is -4.50. The number of nitrogens with one attached hydrogen (secondary N) is 1. The first kappa shape index (κ1) is 30.0. The van der Waals surface area contributed by atoms with E-state index in [0.29, 0.717) is 42.7 Å². The van der Waals surface area contributed by atoms with Crippen molar-refractivity contribution >= 4 is 46.2 Å². The number of fused-ring (bicyclic) bond motifs is 1. The van der Waals surface area contributed by atoms with Gasteiger partial charge in [0.15, 0.2) is 5.82 Å². The van der Waals surface area contributed by atoms with E-state index in [1.165, 1.54) is 5.56 Å². The Morgan fingerprint density at radius 2 is 1.81 bits per heavy atom. The van der Waals surface area contributed by atoms with Crippen LogP contribution in [0.5, 0.6) is 0 Å². The number of carbonyl (C=O) groups excluding carboxylic acids is 1. The quantitative estimate of drug-likeness (QED) is 0.179. The monoisotopic (exact) mass is 594 g/mol. The van der Waals surface area contributed by atoms with Crippen LogP contribution in [-0.2, 0) is 22.4 Å². The first-order valence-corrected chi connectivity index (χ1v) is 15.2. The smallest absolute Gasteiger partial charge is 0.338 e. The molecule has 2 N–H and O–H groups in total. The lowest BCUT2D eigenvalue weighted by molar-refractivity contribution is -0.136. The maximum absolute atomic E-state index is 12.4. The Morgan fingerprint density at radius 3 is 2.56 bits per heavy atom. The highest BCUT2D eigenvalue weighted by Gasteiger charge is 2.21. The van der Waals surface area contributed by atoms with E-state index >= 15 is 0 Å². The number of aryl methyl sites for hydroxylation is 1. The summed E-state index contributed by atoms with van der Waals surface area (Å²) in [6.07, 6.45) is 2.90. The second-order valence-electron chi connectivity index (χ2n) is 10.4. The summed E-state index contributed by atoms with van der Waals surface area (Å²) in [5.41, 5.74) is 5.45. The summed E-state index contributed by atoms with van der Waals surface area (Å²) in [6, 6.07) is 25.4. The first-order chi connectivity index (χ1) is 20.9. The standard InChI is InChI=1S/C34H34N4O4S/c1-3-42-33(41)25-13-16-28-22(2)9-17-31(43-29(28)20-25)37-30-21-27(19-24-7-5-4-6-8-24)36-34(38-30)35-26-14-10-23(11-15-26)12-18-32(39)40/h4-8,10-11,13-16,20-22H,3,9,12,17-19H2,1-2H3,(H,39,40)(H,35,36,38). The van der Waals surface area contributed by atoms with Crippen LogP contribution in [0.25, 0.3) is 0 Å². The molecule has 1 unspecified atom stereocenters. The van der Waals surface area contributed by atoms with Crippen LogP contribution in [0.15, 0.2) is 88.8 Å². The number of thioether (sulfide) groups is 1. The van der Waals surface area contributed by atoms with Crippen molar-refractivity contribution in [2.45, 2.75) is 56.8 Å². The Balaban J connectivity index is 1.44. The van der Waals surface area contributed by atoms with Gasteiger partial charge in [-0.1, -0.05) is 67.2 Å². The molecule has 0 saturated heterocycles. The van der Waals surface area contributed by atoms with Gasteiger partial charge in [-0.25, -0.2) is 14.8 Å². The maximum atomic E-state index is 12.4. The SMILES string of the molecule is CCOC(=O)c1ccc2c(c1)SC(=Nc1cc(Cc3ccccc3)nc(Nc3ccc(CCC(=O)O)cc3)n1)CCC2C. The average molecular weight is 595 g/mol. The van der Waals surface area contributed by atoms with E-state index in [0.717, 1.165) is 45.3 Å². The fraction of sp³-hybridized carbons (Fsp3) is 0.265. The Labute approximate surface area is 255 Å². The van der Waals surface area contributed by atoms with Gasteiger partial charge in [-0.2, -0.15) is 4.98 Å². The lowest BCUT2D eigenvalue weighted by Gasteiger charge is -2.12. The van der Waals surface area contributed by atoms with Crippen LogP contribution in [0, 0.1) is 0 Å². The van der Waals surface area contributed by atoms with Gasteiger partial charge in [0.05, 0.1) is 22.9 Å². The van der Waals surface area contributed by atoms with Crippen molar-refractivity contribution < 1.29 is 19.4 Å². The van der Waals surface area contributed by atoms with Crippen molar-refractivity contribution in [2.75, 3.05) is 11.9 Å². The summed E-state index contributed by atoms with van der Waals surface area (Å²) in [4.78, 5) is 38.9. The van der Waals surface area contributed by atoms with Gasteiger partial charge in [-0.3, -0.25) is 4.79 Å². The second kappa shape index (κ2) is 14.1. The number of nitrogens with zero attached hydrogens (tertiary/aromatic N) is 3. The molecule has 1 atom stereocenters. The molecule has 3 aromatic carbocycles. The number of rotatable bonds is 10. The van der Waals surface area contributed by atoms with E-state index < -0.39 is 5.97 Å². The van der Waals surface area contributed by atoms with Gasteiger partial charge in [0.2, 0.25) is 5.95 Å². The van der Waals surface area contributed by atoms with Gasteiger partial charge >= 0.3 is 11.9 Å². The summed E-state index contributed by atoms with van der Waals surface area (Å²) in [7, 11) is 0. The predicted octanol–water partition coefficient (Wildman–Crippen LogP) is 7.72. The fourth-order valence-corrected chi connectivity index (χ4v) is 6.06. The van der Waals surface area contributed by atoms with Crippen LogP contribution in [0.4, 0.5) is 17.5 Å². The lowest BCUT2D eigenvalue weighted by atomic mass is 9.95. The number of anilines is 2. The zero-order chi connectivity index (χ0) is 30.2. The number of hydrogen-bond donors (Lipinski definition) is 2. The van der Waals surface area contributed by atoms with Crippen molar-refractivity contribution in [1.82, 2.24) is 9.97 Å². The number of benzene rings is 3. The van der Waals surface area contributed by atoms with Crippen LogP contribution < -0.4 is 5.32 Å². The highest BCUT2D eigenvalue weighted by atomic mass is 32.2. The molecule has 0 saturated carbocycles. The number of hydrogen-bond acceptors (Lipinski definition) is 8. The maximum Gasteiger partial charge on any atom is 0.338 e. The number of esters is 1. The minimum absolute atomic E-state index is 0.0898. The Bertz CT molecular complexity index is 1620. The molecule has 0 amide bonds. The summed E-state index contributed by atoms with van der Waals surface area (Å²) in [5, 5.41) is 13.2. The molecular formula is C34H34N4O4S. The van der Waals surface area contributed by atoms with Gasteiger partial charge in [-0.05, 0) is 73.1 Å². The molecule has 1 aliphatic heterocycles. The molecule has 5 rings (SSSR count). The number of aliphatic imine (C=N–C) groups is 1. The molecule has 9 heteroatoms. The third-order valence-electron chi connectivity index (χ3n) is 7.15. The van der Waals surface area contributed by atoms with E-state index in [4.69, 9.17) is 24.8 Å². The molecule has 43 heavy (non-hydrogen) atoms. The molecule has 0 fully saturated rings. The number of carboxylic acid groups (broad SMARTS) is 1. The van der Waals surface area contributed by atoms with Gasteiger partial charge in [0, 0.05) is 29.5 Å². The van der Waals surface area contributed by atoms with Crippen molar-refractivity contribution in [2.24, 2.45) is 4.99 Å². The Kier molecular flexibility index (Phi) is 9.84. The van der Waals surface area contributed by atoms with Crippen molar-refractivity contribution in [3.8, 4) is 0 Å². The summed E-state index contributed by atoms with van der Waals surface area (Å²) >= 11 is 1.57. The van der Waals surface area contributed by atoms with Gasteiger partial charge in [0.25, 0.3) is 0 Å². The zero-order valence-electron chi connectivity index (χ0n) is 24.2. The zero-order valence-corrected chi connectivity index (χ0v) is 25.1. The predicted molar refractivity (Wildman–Crippen MR) is 170 cm³/mol. The van der Waals surface area contributed by atoms with Crippen LogP contribution in [0.3, 0.4) is 0 Å². The first-order valence-electron chi connectivity index (χ1n) is 14.4. The number of carboxylic acids is 1. The number of aliphatic carboxylic acids is 1. The minimum atomic E-state index is -0.816. The molecule has 4 aromatic rings. The third kappa shape index (κ3) is 8.29.